The minimum Gasteiger partial charge on any atom is -0.507 e. The smallest absolute Gasteiger partial charge is 0.328 e. The number of rotatable bonds is 7. The molecular formula is C17H26N2O6. The van der Waals surface area contributed by atoms with Crippen LogP contribution in [0.15, 0.2) is 24.3 Å². The van der Waals surface area contributed by atoms with Gasteiger partial charge in [0.15, 0.2) is 0 Å². The minimum atomic E-state index is -1.26. The normalized spacial score (nSPS) is 10.7. The number of hydrogen-bond donors (Lipinski definition) is 3. The number of nitrogens with zero attached hydrogens (tertiary/aromatic N) is 2. The molecule has 1 aromatic carbocycles. The van der Waals surface area contributed by atoms with Crippen molar-refractivity contribution in [1.29, 1.82) is 0 Å². The Hall–Kier alpha value is -2.58. The predicted octanol–water partition coefficient (Wildman–Crippen LogP) is 1.24. The molecule has 0 aliphatic carbocycles. The molecule has 0 unspecified atom stereocenters. The van der Waals surface area contributed by atoms with Crippen molar-refractivity contribution < 1.29 is 29.6 Å². The summed E-state index contributed by atoms with van der Waals surface area (Å²) in [6, 6.07) is 3.77. The Labute approximate surface area is 147 Å². The summed E-state index contributed by atoms with van der Waals surface area (Å²) in [7, 11) is 9.55. The Morgan fingerprint density at radius 3 is 1.56 bits per heavy atom. The van der Waals surface area contributed by atoms with Gasteiger partial charge in [-0.15, -0.1) is 0 Å². The standard InChI is InChI=1S/C13H22N2O2.C4H4O4/c1-14(2)8-10-6-12(17-5)7-11(13(10)16)9-15(3)4;5-3(6)1-2-4(7)8/h6-7,16H,8-9H2,1-5H3;1-2H,(H,5,6)(H,7,8)/b;2-1+. The lowest BCUT2D eigenvalue weighted by atomic mass is 10.1. The van der Waals surface area contributed by atoms with Crippen molar-refractivity contribution >= 4 is 11.9 Å². The van der Waals surface area contributed by atoms with Gasteiger partial charge in [0, 0.05) is 36.4 Å². The summed E-state index contributed by atoms with van der Waals surface area (Å²) in [4.78, 5) is 23.2. The minimum absolute atomic E-state index is 0.369. The Kier molecular flexibility index (Phi) is 9.92. The van der Waals surface area contributed by atoms with Gasteiger partial charge in [-0.3, -0.25) is 0 Å². The molecule has 0 aromatic heterocycles. The zero-order chi connectivity index (χ0) is 19.6. The van der Waals surface area contributed by atoms with Crippen molar-refractivity contribution in [2.24, 2.45) is 0 Å². The van der Waals surface area contributed by atoms with Crippen molar-refractivity contribution in [2.45, 2.75) is 13.1 Å². The fraction of sp³-hybridized carbons (Fsp3) is 0.412. The van der Waals surface area contributed by atoms with E-state index < -0.39 is 11.9 Å². The van der Waals surface area contributed by atoms with Crippen molar-refractivity contribution in [3.63, 3.8) is 0 Å². The van der Waals surface area contributed by atoms with E-state index in [0.717, 1.165) is 16.9 Å². The molecule has 8 nitrogen and oxygen atoms in total. The second kappa shape index (κ2) is 11.1. The molecule has 0 amide bonds. The van der Waals surface area contributed by atoms with Crippen molar-refractivity contribution in [2.75, 3.05) is 35.3 Å². The van der Waals surface area contributed by atoms with E-state index in [1.807, 2.05) is 50.1 Å². The highest BCUT2D eigenvalue weighted by atomic mass is 16.5. The van der Waals surface area contributed by atoms with Crippen LogP contribution in [0.5, 0.6) is 11.5 Å². The highest BCUT2D eigenvalue weighted by Gasteiger charge is 2.11. The first kappa shape index (κ1) is 22.4. The fourth-order valence-electron chi connectivity index (χ4n) is 1.91. The van der Waals surface area contributed by atoms with Crippen LogP contribution >= 0.6 is 0 Å². The maximum absolute atomic E-state index is 10.2. The average molecular weight is 354 g/mol. The topological polar surface area (TPSA) is 111 Å². The number of methoxy groups -OCH3 is 1. The van der Waals surface area contributed by atoms with Gasteiger partial charge in [0.1, 0.15) is 11.5 Å². The third kappa shape index (κ3) is 10.0. The molecule has 0 saturated heterocycles. The first-order valence-electron chi connectivity index (χ1n) is 7.39. The van der Waals surface area contributed by atoms with E-state index in [-0.39, 0.29) is 0 Å². The Bertz CT molecular complexity index is 564. The van der Waals surface area contributed by atoms with Gasteiger partial charge in [-0.25, -0.2) is 9.59 Å². The van der Waals surface area contributed by atoms with E-state index in [2.05, 4.69) is 0 Å². The third-order valence-corrected chi connectivity index (χ3v) is 2.82. The predicted molar refractivity (Wildman–Crippen MR) is 93.9 cm³/mol. The van der Waals surface area contributed by atoms with Gasteiger partial charge in [0.25, 0.3) is 0 Å². The molecule has 1 aromatic rings. The number of carbonyl (C=O) groups is 2. The number of carboxylic acids is 2. The number of phenolic OH excluding ortho intramolecular Hbond substituents is 1. The van der Waals surface area contributed by atoms with Crippen LogP contribution in [0.4, 0.5) is 0 Å². The lowest BCUT2D eigenvalue weighted by Crippen LogP contribution is -2.14. The summed E-state index contributed by atoms with van der Waals surface area (Å²) in [6.45, 7) is 1.40. The van der Waals surface area contributed by atoms with E-state index in [4.69, 9.17) is 14.9 Å². The molecule has 0 aliphatic rings. The lowest BCUT2D eigenvalue weighted by Gasteiger charge is -2.17. The van der Waals surface area contributed by atoms with Crippen LogP contribution in [0.3, 0.4) is 0 Å². The highest BCUT2D eigenvalue weighted by molar-refractivity contribution is 5.89. The first-order valence-corrected chi connectivity index (χ1v) is 7.39. The van der Waals surface area contributed by atoms with Gasteiger partial charge >= 0.3 is 11.9 Å². The number of ether oxygens (including phenoxy) is 1. The van der Waals surface area contributed by atoms with E-state index in [0.29, 0.717) is 31.0 Å². The maximum Gasteiger partial charge on any atom is 0.328 e. The molecule has 0 atom stereocenters. The molecule has 8 heteroatoms. The quantitative estimate of drug-likeness (QED) is 0.627. The summed E-state index contributed by atoms with van der Waals surface area (Å²) in [5, 5.41) is 25.8. The highest BCUT2D eigenvalue weighted by Crippen LogP contribution is 2.29. The number of benzene rings is 1. The molecule has 0 heterocycles. The zero-order valence-corrected chi connectivity index (χ0v) is 15.2. The molecular weight excluding hydrogens is 328 g/mol. The van der Waals surface area contributed by atoms with Crippen LogP contribution in [0.25, 0.3) is 0 Å². The summed E-state index contributed by atoms with van der Waals surface area (Å²) >= 11 is 0. The Balaban J connectivity index is 0.000000609. The van der Waals surface area contributed by atoms with Crippen LogP contribution in [0, 0.1) is 0 Å². The van der Waals surface area contributed by atoms with Gasteiger partial charge < -0.3 is 29.9 Å². The van der Waals surface area contributed by atoms with Gasteiger partial charge in [0.05, 0.1) is 7.11 Å². The van der Waals surface area contributed by atoms with Crippen LogP contribution in [0.2, 0.25) is 0 Å². The van der Waals surface area contributed by atoms with Gasteiger partial charge in [-0.2, -0.15) is 0 Å². The molecule has 0 saturated carbocycles. The Morgan fingerprint density at radius 1 is 0.960 bits per heavy atom. The van der Waals surface area contributed by atoms with Gasteiger partial charge in [-0.1, -0.05) is 0 Å². The van der Waals surface area contributed by atoms with Crippen LogP contribution in [-0.2, 0) is 22.7 Å². The molecule has 1 rings (SSSR count). The largest absolute Gasteiger partial charge is 0.507 e. The van der Waals surface area contributed by atoms with Crippen LogP contribution < -0.4 is 4.74 Å². The van der Waals surface area contributed by atoms with Crippen LogP contribution in [-0.4, -0.2) is 72.4 Å². The van der Waals surface area contributed by atoms with Gasteiger partial charge in [-0.05, 0) is 40.3 Å². The molecule has 140 valence electrons. The molecule has 3 N–H and O–H groups in total. The molecule has 0 fully saturated rings. The average Bonchev–Trinajstić information content (AvgIpc) is 2.48. The fourth-order valence-corrected chi connectivity index (χ4v) is 1.91. The SMILES string of the molecule is COc1cc(CN(C)C)c(O)c(CN(C)C)c1.O=C(O)/C=C/C(=O)O. The zero-order valence-electron chi connectivity index (χ0n) is 15.2. The van der Waals surface area contributed by atoms with Crippen molar-refractivity contribution in [3.8, 4) is 11.5 Å². The summed E-state index contributed by atoms with van der Waals surface area (Å²) in [5.74, 6) is -1.36. The van der Waals surface area contributed by atoms with Crippen molar-refractivity contribution in [1.82, 2.24) is 9.80 Å². The molecule has 0 spiro atoms. The number of carboxylic acid groups (broad SMARTS) is 2. The summed E-state index contributed by atoms with van der Waals surface area (Å²) in [6.07, 6.45) is 1.12. The number of aliphatic carboxylic acids is 2. The molecule has 0 aliphatic heterocycles. The third-order valence-electron chi connectivity index (χ3n) is 2.82. The second-order valence-electron chi connectivity index (χ2n) is 5.78. The van der Waals surface area contributed by atoms with Crippen LogP contribution in [0.1, 0.15) is 11.1 Å². The number of phenols is 1. The summed E-state index contributed by atoms with van der Waals surface area (Å²) in [5.41, 5.74) is 1.79. The monoisotopic (exact) mass is 354 g/mol. The Morgan fingerprint density at radius 2 is 1.32 bits per heavy atom. The van der Waals surface area contributed by atoms with Crippen molar-refractivity contribution in [3.05, 3.63) is 35.4 Å². The van der Waals surface area contributed by atoms with E-state index >= 15 is 0 Å². The maximum atomic E-state index is 10.2. The van der Waals surface area contributed by atoms with Gasteiger partial charge in [0.2, 0.25) is 0 Å². The lowest BCUT2D eigenvalue weighted by molar-refractivity contribution is -0.134. The molecule has 25 heavy (non-hydrogen) atoms. The molecule has 0 radical (unpaired) electrons. The summed E-state index contributed by atoms with van der Waals surface area (Å²) < 4.78 is 5.27. The van der Waals surface area contributed by atoms with E-state index in [1.165, 1.54) is 0 Å². The number of aromatic hydroxyl groups is 1. The first-order chi connectivity index (χ1) is 11.6. The van der Waals surface area contributed by atoms with E-state index in [9.17, 15) is 14.7 Å². The molecule has 0 bridgehead atoms. The van der Waals surface area contributed by atoms with E-state index in [1.54, 1.807) is 7.11 Å². The second-order valence-corrected chi connectivity index (χ2v) is 5.78. The number of hydrogen-bond acceptors (Lipinski definition) is 6.